The number of carbonyl (C=O) groups is 1. The summed E-state index contributed by atoms with van der Waals surface area (Å²) in [7, 11) is 1.87. The van der Waals surface area contributed by atoms with Gasteiger partial charge in [0.2, 0.25) is 5.91 Å². The largest absolute Gasteiger partial charge is 0.379 e. The number of hydrogen-bond acceptors (Lipinski definition) is 3. The van der Waals surface area contributed by atoms with Gasteiger partial charge in [0.1, 0.15) is 0 Å². The Morgan fingerprint density at radius 1 is 1.41 bits per heavy atom. The van der Waals surface area contributed by atoms with Gasteiger partial charge in [-0.25, -0.2) is 0 Å². The molecular formula is C13H26N2O2. The zero-order chi connectivity index (χ0) is 13.1. The summed E-state index contributed by atoms with van der Waals surface area (Å²) < 4.78 is 5.34. The number of likely N-dealkylation sites (N-methyl/N-ethyl adjacent to an activating group) is 1. The number of rotatable bonds is 5. The molecule has 0 saturated carbocycles. The summed E-state index contributed by atoms with van der Waals surface area (Å²) in [4.78, 5) is 12.1. The van der Waals surface area contributed by atoms with E-state index in [1.165, 1.54) is 0 Å². The molecule has 1 rings (SSSR count). The van der Waals surface area contributed by atoms with Crippen molar-refractivity contribution in [2.75, 3.05) is 26.8 Å². The maximum absolute atomic E-state index is 12.1. The average molecular weight is 242 g/mol. The standard InChI is InChI=1S/C13H26N2O2/c1-9(2)13(3,4)8-15-12(16)10-6-17-7-11(10)14-5/h9-11,14H,6-8H2,1-5H3,(H,15,16). The number of carbonyl (C=O) groups excluding carboxylic acids is 1. The summed E-state index contributed by atoms with van der Waals surface area (Å²) >= 11 is 0. The fraction of sp³-hybridized carbons (Fsp3) is 0.923. The van der Waals surface area contributed by atoms with Crippen LogP contribution in [-0.4, -0.2) is 38.8 Å². The number of ether oxygens (including phenoxy) is 1. The molecule has 100 valence electrons. The van der Waals surface area contributed by atoms with Gasteiger partial charge in [0.05, 0.1) is 19.1 Å². The topological polar surface area (TPSA) is 50.4 Å². The SMILES string of the molecule is CNC1COCC1C(=O)NCC(C)(C)C(C)C. The van der Waals surface area contributed by atoms with Crippen molar-refractivity contribution >= 4 is 5.91 Å². The maximum atomic E-state index is 12.1. The van der Waals surface area contributed by atoms with E-state index in [1.54, 1.807) is 0 Å². The van der Waals surface area contributed by atoms with Gasteiger partial charge in [0, 0.05) is 12.6 Å². The van der Waals surface area contributed by atoms with E-state index in [4.69, 9.17) is 4.74 Å². The van der Waals surface area contributed by atoms with Crippen molar-refractivity contribution in [3.63, 3.8) is 0 Å². The first-order valence-corrected chi connectivity index (χ1v) is 6.41. The molecule has 4 heteroatoms. The normalized spacial score (nSPS) is 25.3. The van der Waals surface area contributed by atoms with Crippen LogP contribution in [0.15, 0.2) is 0 Å². The number of amides is 1. The minimum atomic E-state index is -0.0528. The van der Waals surface area contributed by atoms with Crippen molar-refractivity contribution in [2.24, 2.45) is 17.3 Å². The lowest BCUT2D eigenvalue weighted by molar-refractivity contribution is -0.126. The molecule has 0 bridgehead atoms. The molecule has 1 amide bonds. The molecule has 1 saturated heterocycles. The van der Waals surface area contributed by atoms with Gasteiger partial charge in [0.25, 0.3) is 0 Å². The predicted molar refractivity (Wildman–Crippen MR) is 68.8 cm³/mol. The van der Waals surface area contributed by atoms with Crippen LogP contribution in [0.2, 0.25) is 0 Å². The highest BCUT2D eigenvalue weighted by Gasteiger charge is 2.33. The monoisotopic (exact) mass is 242 g/mol. The van der Waals surface area contributed by atoms with E-state index in [0.29, 0.717) is 19.1 Å². The van der Waals surface area contributed by atoms with Gasteiger partial charge in [-0.05, 0) is 18.4 Å². The first kappa shape index (κ1) is 14.5. The molecule has 1 fully saturated rings. The average Bonchev–Trinajstić information content (AvgIpc) is 2.73. The lowest BCUT2D eigenvalue weighted by atomic mass is 9.81. The van der Waals surface area contributed by atoms with Crippen molar-refractivity contribution in [3.05, 3.63) is 0 Å². The molecule has 17 heavy (non-hydrogen) atoms. The second-order valence-electron chi connectivity index (χ2n) is 5.90. The molecule has 2 unspecified atom stereocenters. The van der Waals surface area contributed by atoms with Crippen LogP contribution in [0.1, 0.15) is 27.7 Å². The molecule has 2 atom stereocenters. The highest BCUT2D eigenvalue weighted by atomic mass is 16.5. The van der Waals surface area contributed by atoms with Gasteiger partial charge >= 0.3 is 0 Å². The molecule has 0 radical (unpaired) electrons. The molecule has 0 aromatic rings. The van der Waals surface area contributed by atoms with Crippen LogP contribution in [0, 0.1) is 17.3 Å². The van der Waals surface area contributed by atoms with Crippen LogP contribution in [0.4, 0.5) is 0 Å². The highest BCUT2D eigenvalue weighted by molar-refractivity contribution is 5.79. The minimum Gasteiger partial charge on any atom is -0.379 e. The molecule has 0 spiro atoms. The number of hydrogen-bond donors (Lipinski definition) is 2. The Bertz CT molecular complexity index is 264. The van der Waals surface area contributed by atoms with Crippen LogP contribution < -0.4 is 10.6 Å². The summed E-state index contributed by atoms with van der Waals surface area (Å²) in [5.74, 6) is 0.598. The fourth-order valence-corrected chi connectivity index (χ4v) is 1.75. The fourth-order valence-electron chi connectivity index (χ4n) is 1.75. The first-order chi connectivity index (χ1) is 7.88. The second-order valence-corrected chi connectivity index (χ2v) is 5.90. The van der Waals surface area contributed by atoms with Gasteiger partial charge < -0.3 is 15.4 Å². The minimum absolute atomic E-state index is 0.0528. The molecule has 1 heterocycles. The molecule has 0 aliphatic carbocycles. The summed E-state index contributed by atoms with van der Waals surface area (Å²) in [6.45, 7) is 10.6. The van der Waals surface area contributed by atoms with Gasteiger partial charge in [-0.15, -0.1) is 0 Å². The quantitative estimate of drug-likeness (QED) is 0.757. The Morgan fingerprint density at radius 3 is 2.59 bits per heavy atom. The van der Waals surface area contributed by atoms with E-state index >= 15 is 0 Å². The Labute approximate surface area is 104 Å². The predicted octanol–water partition coefficient (Wildman–Crippen LogP) is 1.02. The molecular weight excluding hydrogens is 216 g/mol. The highest BCUT2D eigenvalue weighted by Crippen LogP contribution is 2.25. The van der Waals surface area contributed by atoms with Gasteiger partial charge in [-0.2, -0.15) is 0 Å². The van der Waals surface area contributed by atoms with Crippen molar-refractivity contribution in [3.8, 4) is 0 Å². The van der Waals surface area contributed by atoms with Crippen LogP contribution in [0.25, 0.3) is 0 Å². The third-order valence-corrected chi connectivity index (χ3v) is 4.07. The second kappa shape index (κ2) is 5.83. The number of nitrogens with one attached hydrogen (secondary N) is 2. The van der Waals surface area contributed by atoms with Gasteiger partial charge in [-0.1, -0.05) is 27.7 Å². The molecule has 1 aliphatic rings. The van der Waals surface area contributed by atoms with Crippen LogP contribution >= 0.6 is 0 Å². The summed E-state index contributed by atoms with van der Waals surface area (Å²) in [5.41, 5.74) is 0.129. The third-order valence-electron chi connectivity index (χ3n) is 4.07. The zero-order valence-corrected chi connectivity index (χ0v) is 11.7. The summed E-state index contributed by atoms with van der Waals surface area (Å²) in [6.07, 6.45) is 0. The molecule has 1 aliphatic heterocycles. The zero-order valence-electron chi connectivity index (χ0n) is 11.7. The third kappa shape index (κ3) is 3.68. The van der Waals surface area contributed by atoms with Crippen LogP contribution in [-0.2, 0) is 9.53 Å². The van der Waals surface area contributed by atoms with E-state index in [1.807, 2.05) is 7.05 Å². The Hall–Kier alpha value is -0.610. The van der Waals surface area contributed by atoms with Gasteiger partial charge in [0.15, 0.2) is 0 Å². The summed E-state index contributed by atoms with van der Waals surface area (Å²) in [6, 6.07) is 0.150. The smallest absolute Gasteiger partial charge is 0.227 e. The lowest BCUT2D eigenvalue weighted by Crippen LogP contribution is -2.45. The summed E-state index contributed by atoms with van der Waals surface area (Å²) in [5, 5.41) is 6.18. The van der Waals surface area contributed by atoms with Crippen molar-refractivity contribution in [1.29, 1.82) is 0 Å². The maximum Gasteiger partial charge on any atom is 0.227 e. The molecule has 0 aromatic carbocycles. The van der Waals surface area contributed by atoms with Crippen molar-refractivity contribution in [1.82, 2.24) is 10.6 Å². The van der Waals surface area contributed by atoms with Crippen molar-refractivity contribution in [2.45, 2.75) is 33.7 Å². The van der Waals surface area contributed by atoms with E-state index in [0.717, 1.165) is 6.54 Å². The Kier molecular flexibility index (Phi) is 4.95. The Morgan fingerprint density at radius 2 is 2.06 bits per heavy atom. The van der Waals surface area contributed by atoms with E-state index in [9.17, 15) is 4.79 Å². The lowest BCUT2D eigenvalue weighted by Gasteiger charge is -2.30. The van der Waals surface area contributed by atoms with Crippen LogP contribution in [0.3, 0.4) is 0 Å². The Balaban J connectivity index is 2.44. The van der Waals surface area contributed by atoms with Crippen LogP contribution in [0.5, 0.6) is 0 Å². The van der Waals surface area contributed by atoms with Crippen molar-refractivity contribution < 1.29 is 9.53 Å². The van der Waals surface area contributed by atoms with E-state index in [-0.39, 0.29) is 23.3 Å². The molecule has 0 aromatic heterocycles. The first-order valence-electron chi connectivity index (χ1n) is 6.41. The van der Waals surface area contributed by atoms with E-state index < -0.39 is 0 Å². The molecule has 4 nitrogen and oxygen atoms in total. The van der Waals surface area contributed by atoms with E-state index in [2.05, 4.69) is 38.3 Å². The molecule has 2 N–H and O–H groups in total. The van der Waals surface area contributed by atoms with Gasteiger partial charge in [-0.3, -0.25) is 4.79 Å².